The topological polar surface area (TPSA) is 63.2 Å². The van der Waals surface area contributed by atoms with Crippen molar-refractivity contribution in [3.05, 3.63) is 30.3 Å². The van der Waals surface area contributed by atoms with Crippen molar-refractivity contribution in [1.29, 1.82) is 0 Å². The molecule has 0 heterocycles. The first-order valence-corrected chi connectivity index (χ1v) is 7.90. The number of amides is 1. The van der Waals surface area contributed by atoms with E-state index in [1.165, 1.54) is 0 Å². The van der Waals surface area contributed by atoms with Crippen molar-refractivity contribution in [3.63, 3.8) is 0 Å². The molecule has 0 unspecified atom stereocenters. The first-order valence-electron chi connectivity index (χ1n) is 6.25. The number of nitrogens with one attached hydrogen (secondary N) is 1. The van der Waals surface area contributed by atoms with Crippen molar-refractivity contribution in [3.8, 4) is 0 Å². The Hall–Kier alpha value is -1.36. The first kappa shape index (κ1) is 15.7. The standard InChI is InChI=1S/C14H21NO3S/c1-14(2,3)11-13(16)15-9-10-19(17,18)12-7-5-4-6-8-12/h4-8H,9-11H2,1-3H3,(H,15,16). The van der Waals surface area contributed by atoms with Crippen LogP contribution in [0.1, 0.15) is 27.2 Å². The van der Waals surface area contributed by atoms with Crippen LogP contribution in [0.5, 0.6) is 0 Å². The maximum atomic E-state index is 11.9. The quantitative estimate of drug-likeness (QED) is 0.899. The molecule has 0 aliphatic rings. The summed E-state index contributed by atoms with van der Waals surface area (Å²) < 4.78 is 23.9. The molecular formula is C14H21NO3S. The SMILES string of the molecule is CC(C)(C)CC(=O)NCCS(=O)(=O)c1ccccc1. The monoisotopic (exact) mass is 283 g/mol. The Balaban J connectivity index is 2.48. The van der Waals surface area contributed by atoms with Crippen LogP contribution in [0.25, 0.3) is 0 Å². The molecule has 1 N–H and O–H groups in total. The van der Waals surface area contributed by atoms with Crippen LogP contribution < -0.4 is 5.32 Å². The predicted molar refractivity (Wildman–Crippen MR) is 75.6 cm³/mol. The molecule has 1 aromatic carbocycles. The molecule has 0 spiro atoms. The molecule has 5 heteroatoms. The summed E-state index contributed by atoms with van der Waals surface area (Å²) in [5.41, 5.74) is -0.0949. The Morgan fingerprint density at radius 1 is 1.16 bits per heavy atom. The Morgan fingerprint density at radius 3 is 2.26 bits per heavy atom. The number of hydrogen-bond acceptors (Lipinski definition) is 3. The van der Waals surface area contributed by atoms with Gasteiger partial charge >= 0.3 is 0 Å². The third kappa shape index (κ3) is 5.87. The minimum Gasteiger partial charge on any atom is -0.355 e. The number of carbonyl (C=O) groups excluding carboxylic acids is 1. The summed E-state index contributed by atoms with van der Waals surface area (Å²) >= 11 is 0. The largest absolute Gasteiger partial charge is 0.355 e. The summed E-state index contributed by atoms with van der Waals surface area (Å²) in [4.78, 5) is 11.9. The first-order chi connectivity index (χ1) is 8.71. The van der Waals surface area contributed by atoms with E-state index in [4.69, 9.17) is 0 Å². The average Bonchev–Trinajstić information content (AvgIpc) is 2.27. The van der Waals surface area contributed by atoms with Crippen LogP contribution in [0.3, 0.4) is 0 Å². The van der Waals surface area contributed by atoms with E-state index >= 15 is 0 Å². The van der Waals surface area contributed by atoms with Gasteiger partial charge in [-0.2, -0.15) is 0 Å². The van der Waals surface area contributed by atoms with Gasteiger partial charge in [0.05, 0.1) is 10.6 Å². The molecule has 0 radical (unpaired) electrons. The lowest BCUT2D eigenvalue weighted by molar-refractivity contribution is -0.122. The van der Waals surface area contributed by atoms with Crippen LogP contribution in [-0.4, -0.2) is 26.6 Å². The van der Waals surface area contributed by atoms with Gasteiger partial charge in [-0.25, -0.2) is 8.42 Å². The molecule has 19 heavy (non-hydrogen) atoms. The zero-order valence-electron chi connectivity index (χ0n) is 11.6. The van der Waals surface area contributed by atoms with Gasteiger partial charge in [-0.3, -0.25) is 4.79 Å². The number of carbonyl (C=O) groups is 1. The molecule has 1 aromatic rings. The van der Waals surface area contributed by atoms with Gasteiger partial charge in [0.15, 0.2) is 9.84 Å². The second-order valence-electron chi connectivity index (χ2n) is 5.72. The molecule has 0 aliphatic carbocycles. The third-order valence-electron chi connectivity index (χ3n) is 2.49. The van der Waals surface area contributed by atoms with E-state index in [9.17, 15) is 13.2 Å². The lowest BCUT2D eigenvalue weighted by Crippen LogP contribution is -2.31. The van der Waals surface area contributed by atoms with Gasteiger partial charge in [-0.1, -0.05) is 39.0 Å². The molecule has 0 aliphatic heterocycles. The summed E-state index contributed by atoms with van der Waals surface area (Å²) in [6.45, 7) is 6.04. The minimum atomic E-state index is -3.31. The molecule has 106 valence electrons. The second kappa shape index (κ2) is 6.19. The van der Waals surface area contributed by atoms with Crippen molar-refractivity contribution in [2.24, 2.45) is 5.41 Å². The highest BCUT2D eigenvalue weighted by Gasteiger charge is 2.17. The Kier molecular flexibility index (Phi) is 5.11. The summed E-state index contributed by atoms with van der Waals surface area (Å²) in [5, 5.41) is 2.65. The fourth-order valence-electron chi connectivity index (χ4n) is 1.61. The van der Waals surface area contributed by atoms with E-state index in [-0.39, 0.29) is 23.6 Å². The van der Waals surface area contributed by atoms with Crippen LogP contribution in [0, 0.1) is 5.41 Å². The Morgan fingerprint density at radius 2 is 1.74 bits per heavy atom. The molecule has 0 saturated carbocycles. The Bertz CT molecular complexity index is 515. The van der Waals surface area contributed by atoms with Crippen LogP contribution in [0.15, 0.2) is 35.2 Å². The molecule has 0 fully saturated rings. The van der Waals surface area contributed by atoms with Crippen molar-refractivity contribution < 1.29 is 13.2 Å². The average molecular weight is 283 g/mol. The number of sulfone groups is 1. The van der Waals surface area contributed by atoms with Crippen LogP contribution in [0.4, 0.5) is 0 Å². The summed E-state index contributed by atoms with van der Waals surface area (Å²) in [7, 11) is -3.31. The fraction of sp³-hybridized carbons (Fsp3) is 0.500. The van der Waals surface area contributed by atoms with Gasteiger partial charge in [0, 0.05) is 13.0 Å². The maximum Gasteiger partial charge on any atom is 0.220 e. The zero-order chi connectivity index (χ0) is 14.5. The minimum absolute atomic E-state index is 0.0765. The van der Waals surface area contributed by atoms with Gasteiger partial charge in [-0.15, -0.1) is 0 Å². The van der Waals surface area contributed by atoms with Gasteiger partial charge in [0.1, 0.15) is 0 Å². The van der Waals surface area contributed by atoms with Crippen molar-refractivity contribution in [2.45, 2.75) is 32.1 Å². The highest BCUT2D eigenvalue weighted by atomic mass is 32.2. The van der Waals surface area contributed by atoms with Gasteiger partial charge in [0.25, 0.3) is 0 Å². The van der Waals surface area contributed by atoms with E-state index in [1.807, 2.05) is 20.8 Å². The molecular weight excluding hydrogens is 262 g/mol. The zero-order valence-corrected chi connectivity index (χ0v) is 12.5. The molecule has 0 saturated heterocycles. The van der Waals surface area contributed by atoms with Crippen LogP contribution in [0.2, 0.25) is 0 Å². The van der Waals surface area contributed by atoms with E-state index < -0.39 is 9.84 Å². The van der Waals surface area contributed by atoms with E-state index in [0.717, 1.165) is 0 Å². The van der Waals surface area contributed by atoms with Gasteiger partial charge in [-0.05, 0) is 17.5 Å². The fourth-order valence-corrected chi connectivity index (χ4v) is 2.79. The highest BCUT2D eigenvalue weighted by molar-refractivity contribution is 7.91. The summed E-state index contributed by atoms with van der Waals surface area (Å²) in [6, 6.07) is 8.26. The predicted octanol–water partition coefficient (Wildman–Crippen LogP) is 2.01. The lowest BCUT2D eigenvalue weighted by atomic mass is 9.92. The number of rotatable bonds is 5. The molecule has 1 amide bonds. The molecule has 4 nitrogen and oxygen atoms in total. The van der Waals surface area contributed by atoms with Crippen molar-refractivity contribution in [2.75, 3.05) is 12.3 Å². The Labute approximate surface area is 115 Å². The lowest BCUT2D eigenvalue weighted by Gasteiger charge is -2.17. The van der Waals surface area contributed by atoms with Gasteiger partial charge < -0.3 is 5.32 Å². The number of hydrogen-bond donors (Lipinski definition) is 1. The van der Waals surface area contributed by atoms with Gasteiger partial charge in [0.2, 0.25) is 5.91 Å². The summed E-state index contributed by atoms with van der Waals surface area (Å²) in [5.74, 6) is -0.192. The molecule has 0 aromatic heterocycles. The number of benzene rings is 1. The van der Waals surface area contributed by atoms with Crippen molar-refractivity contribution >= 4 is 15.7 Å². The van der Waals surface area contributed by atoms with Crippen LogP contribution >= 0.6 is 0 Å². The van der Waals surface area contributed by atoms with E-state index in [0.29, 0.717) is 11.3 Å². The van der Waals surface area contributed by atoms with E-state index in [2.05, 4.69) is 5.32 Å². The van der Waals surface area contributed by atoms with Crippen LogP contribution in [-0.2, 0) is 14.6 Å². The smallest absolute Gasteiger partial charge is 0.220 e. The van der Waals surface area contributed by atoms with E-state index in [1.54, 1.807) is 30.3 Å². The van der Waals surface area contributed by atoms with Crippen molar-refractivity contribution in [1.82, 2.24) is 5.32 Å². The maximum absolute atomic E-state index is 11.9. The highest BCUT2D eigenvalue weighted by Crippen LogP contribution is 2.17. The second-order valence-corrected chi connectivity index (χ2v) is 7.83. The summed E-state index contributed by atoms with van der Waals surface area (Å²) in [6.07, 6.45) is 0.387. The molecule has 0 bridgehead atoms. The molecule has 0 atom stereocenters. The third-order valence-corrected chi connectivity index (χ3v) is 4.22. The normalized spacial score (nSPS) is 12.2. The molecule has 1 rings (SSSR count).